The molecule has 1 saturated carbocycles. The van der Waals surface area contributed by atoms with Crippen molar-refractivity contribution in [3.63, 3.8) is 0 Å². The van der Waals surface area contributed by atoms with Crippen molar-refractivity contribution in [1.82, 2.24) is 4.90 Å². The van der Waals surface area contributed by atoms with E-state index < -0.39 is 0 Å². The number of nitrogens with one attached hydrogen (secondary N) is 1. The van der Waals surface area contributed by atoms with Crippen LogP contribution in [0.4, 0.5) is 5.69 Å². The summed E-state index contributed by atoms with van der Waals surface area (Å²) in [5.74, 6) is 0.785. The number of benzene rings is 1. The van der Waals surface area contributed by atoms with Gasteiger partial charge in [-0.15, -0.1) is 0 Å². The predicted octanol–water partition coefficient (Wildman–Crippen LogP) is 3.61. The van der Waals surface area contributed by atoms with Crippen molar-refractivity contribution in [1.29, 1.82) is 0 Å². The van der Waals surface area contributed by atoms with Crippen LogP contribution in [0.1, 0.15) is 33.1 Å². The summed E-state index contributed by atoms with van der Waals surface area (Å²) in [6, 6.07) is 11.4. The molecule has 0 radical (unpaired) electrons. The second-order valence-corrected chi connectivity index (χ2v) is 5.77. The molecular formula is C16H26N2. The SMILES string of the molecule is CC(C)CN(CCCNc1ccccc1)C1CC1. The van der Waals surface area contributed by atoms with Crippen LogP contribution < -0.4 is 5.32 Å². The van der Waals surface area contributed by atoms with Gasteiger partial charge in [0.25, 0.3) is 0 Å². The maximum absolute atomic E-state index is 3.49. The fourth-order valence-corrected chi connectivity index (χ4v) is 2.40. The van der Waals surface area contributed by atoms with Gasteiger partial charge in [0, 0.05) is 31.4 Å². The van der Waals surface area contributed by atoms with Crippen LogP contribution in [0.2, 0.25) is 0 Å². The van der Waals surface area contributed by atoms with Crippen LogP contribution in [-0.4, -0.2) is 30.6 Å². The van der Waals surface area contributed by atoms with Gasteiger partial charge in [-0.05, 0) is 37.3 Å². The third kappa shape index (κ3) is 4.69. The molecule has 1 aliphatic carbocycles. The van der Waals surface area contributed by atoms with Crippen molar-refractivity contribution in [2.24, 2.45) is 5.92 Å². The number of anilines is 1. The summed E-state index contributed by atoms with van der Waals surface area (Å²) in [6.07, 6.45) is 4.07. The average Bonchev–Trinajstić information content (AvgIpc) is 3.18. The number of hydrogen-bond acceptors (Lipinski definition) is 2. The molecule has 0 aliphatic heterocycles. The monoisotopic (exact) mass is 246 g/mol. The van der Waals surface area contributed by atoms with Crippen LogP contribution in [0.15, 0.2) is 30.3 Å². The van der Waals surface area contributed by atoms with E-state index in [0.717, 1.165) is 18.5 Å². The standard InChI is InChI=1S/C16H26N2/c1-14(2)13-18(16-9-10-16)12-6-11-17-15-7-4-3-5-8-15/h3-5,7-8,14,16-17H,6,9-13H2,1-2H3. The average molecular weight is 246 g/mol. The maximum atomic E-state index is 3.49. The molecule has 0 saturated heterocycles. The van der Waals surface area contributed by atoms with E-state index in [1.54, 1.807) is 0 Å². The van der Waals surface area contributed by atoms with Crippen molar-refractivity contribution >= 4 is 5.69 Å². The minimum absolute atomic E-state index is 0.785. The zero-order chi connectivity index (χ0) is 12.8. The lowest BCUT2D eigenvalue weighted by atomic mass is 10.2. The Morgan fingerprint density at radius 3 is 2.56 bits per heavy atom. The summed E-state index contributed by atoms with van der Waals surface area (Å²) < 4.78 is 0. The van der Waals surface area contributed by atoms with E-state index in [1.165, 1.54) is 38.0 Å². The zero-order valence-corrected chi connectivity index (χ0v) is 11.7. The van der Waals surface area contributed by atoms with E-state index in [2.05, 4.69) is 54.4 Å². The van der Waals surface area contributed by atoms with Crippen molar-refractivity contribution in [2.45, 2.75) is 39.2 Å². The van der Waals surface area contributed by atoms with Gasteiger partial charge < -0.3 is 10.2 Å². The molecule has 1 fully saturated rings. The van der Waals surface area contributed by atoms with Gasteiger partial charge in [-0.1, -0.05) is 32.0 Å². The molecule has 18 heavy (non-hydrogen) atoms. The number of hydrogen-bond donors (Lipinski definition) is 1. The molecule has 0 bridgehead atoms. The van der Waals surface area contributed by atoms with Crippen molar-refractivity contribution in [3.05, 3.63) is 30.3 Å². The van der Waals surface area contributed by atoms with Crippen LogP contribution in [0, 0.1) is 5.92 Å². The normalized spacial score (nSPS) is 15.3. The van der Waals surface area contributed by atoms with Gasteiger partial charge in [-0.3, -0.25) is 0 Å². The Morgan fingerprint density at radius 1 is 1.22 bits per heavy atom. The zero-order valence-electron chi connectivity index (χ0n) is 11.7. The summed E-state index contributed by atoms with van der Waals surface area (Å²) >= 11 is 0. The summed E-state index contributed by atoms with van der Waals surface area (Å²) in [4.78, 5) is 2.68. The van der Waals surface area contributed by atoms with E-state index in [-0.39, 0.29) is 0 Å². The first-order valence-electron chi connectivity index (χ1n) is 7.28. The lowest BCUT2D eigenvalue weighted by Crippen LogP contribution is -2.31. The second kappa shape index (κ2) is 6.79. The van der Waals surface area contributed by atoms with E-state index >= 15 is 0 Å². The Bertz CT molecular complexity index is 330. The molecule has 1 aromatic carbocycles. The third-order valence-corrected chi connectivity index (χ3v) is 3.39. The van der Waals surface area contributed by atoms with Crippen LogP contribution in [0.3, 0.4) is 0 Å². The molecule has 0 spiro atoms. The molecule has 2 heteroatoms. The first kappa shape index (κ1) is 13.4. The first-order valence-corrected chi connectivity index (χ1v) is 7.28. The second-order valence-electron chi connectivity index (χ2n) is 5.77. The maximum Gasteiger partial charge on any atom is 0.0340 e. The van der Waals surface area contributed by atoms with Crippen LogP contribution >= 0.6 is 0 Å². The van der Waals surface area contributed by atoms with Gasteiger partial charge in [0.2, 0.25) is 0 Å². The van der Waals surface area contributed by atoms with Crippen molar-refractivity contribution in [2.75, 3.05) is 25.0 Å². The Morgan fingerprint density at radius 2 is 1.94 bits per heavy atom. The van der Waals surface area contributed by atoms with E-state index in [9.17, 15) is 0 Å². The number of nitrogens with zero attached hydrogens (tertiary/aromatic N) is 1. The van der Waals surface area contributed by atoms with Crippen LogP contribution in [0.5, 0.6) is 0 Å². The number of para-hydroxylation sites is 1. The predicted molar refractivity (Wildman–Crippen MR) is 79.0 cm³/mol. The molecule has 2 rings (SSSR count). The molecular weight excluding hydrogens is 220 g/mol. The van der Waals surface area contributed by atoms with Crippen LogP contribution in [0.25, 0.3) is 0 Å². The largest absolute Gasteiger partial charge is 0.385 e. The minimum atomic E-state index is 0.785. The Labute approximate surface area is 111 Å². The van der Waals surface area contributed by atoms with E-state index in [0.29, 0.717) is 0 Å². The molecule has 1 aliphatic rings. The molecule has 0 atom stereocenters. The summed E-state index contributed by atoms with van der Waals surface area (Å²) in [7, 11) is 0. The summed E-state index contributed by atoms with van der Waals surface area (Å²) in [5, 5.41) is 3.49. The molecule has 1 N–H and O–H groups in total. The Hall–Kier alpha value is -1.02. The lowest BCUT2D eigenvalue weighted by molar-refractivity contribution is 0.234. The highest BCUT2D eigenvalue weighted by Crippen LogP contribution is 2.27. The molecule has 0 aromatic heterocycles. The minimum Gasteiger partial charge on any atom is -0.385 e. The molecule has 2 nitrogen and oxygen atoms in total. The molecule has 0 unspecified atom stereocenters. The molecule has 100 valence electrons. The molecule has 0 amide bonds. The highest BCUT2D eigenvalue weighted by molar-refractivity contribution is 5.42. The fraction of sp³-hybridized carbons (Fsp3) is 0.625. The number of rotatable bonds is 8. The first-order chi connectivity index (χ1) is 8.75. The summed E-state index contributed by atoms with van der Waals surface area (Å²) in [5.41, 5.74) is 1.24. The van der Waals surface area contributed by atoms with Crippen molar-refractivity contribution < 1.29 is 0 Å². The van der Waals surface area contributed by atoms with Gasteiger partial charge in [-0.25, -0.2) is 0 Å². The van der Waals surface area contributed by atoms with Gasteiger partial charge in [0.05, 0.1) is 0 Å². The van der Waals surface area contributed by atoms with Gasteiger partial charge >= 0.3 is 0 Å². The Balaban J connectivity index is 1.64. The van der Waals surface area contributed by atoms with Crippen LogP contribution in [-0.2, 0) is 0 Å². The van der Waals surface area contributed by atoms with Gasteiger partial charge in [0.1, 0.15) is 0 Å². The van der Waals surface area contributed by atoms with Crippen molar-refractivity contribution in [3.8, 4) is 0 Å². The van der Waals surface area contributed by atoms with Gasteiger partial charge in [-0.2, -0.15) is 0 Å². The highest BCUT2D eigenvalue weighted by Gasteiger charge is 2.28. The highest BCUT2D eigenvalue weighted by atomic mass is 15.2. The topological polar surface area (TPSA) is 15.3 Å². The quantitative estimate of drug-likeness (QED) is 0.705. The van der Waals surface area contributed by atoms with E-state index in [4.69, 9.17) is 0 Å². The summed E-state index contributed by atoms with van der Waals surface area (Å²) in [6.45, 7) is 8.21. The van der Waals surface area contributed by atoms with Gasteiger partial charge in [0.15, 0.2) is 0 Å². The molecule has 0 heterocycles. The fourth-order valence-electron chi connectivity index (χ4n) is 2.40. The Kier molecular flexibility index (Phi) is 5.06. The smallest absolute Gasteiger partial charge is 0.0340 e. The lowest BCUT2D eigenvalue weighted by Gasteiger charge is -2.24. The van der Waals surface area contributed by atoms with E-state index in [1.807, 2.05) is 0 Å². The molecule has 1 aromatic rings. The third-order valence-electron chi connectivity index (χ3n) is 3.39.